The summed E-state index contributed by atoms with van der Waals surface area (Å²) in [6.45, 7) is 6.49. The van der Waals surface area contributed by atoms with Gasteiger partial charge in [-0.05, 0) is 70.1 Å². The first kappa shape index (κ1) is 25.2. The Bertz CT molecular complexity index is 973. The van der Waals surface area contributed by atoms with Crippen LogP contribution in [0.3, 0.4) is 0 Å². The first-order valence-electron chi connectivity index (χ1n) is 12.9. The minimum absolute atomic E-state index is 0.000202. The van der Waals surface area contributed by atoms with Gasteiger partial charge in [0.15, 0.2) is 0 Å². The molecule has 4 rings (SSSR count). The van der Waals surface area contributed by atoms with Gasteiger partial charge < -0.3 is 10.2 Å². The Morgan fingerprint density at radius 3 is 2.68 bits per heavy atom. The molecule has 2 aliphatic heterocycles. The van der Waals surface area contributed by atoms with E-state index in [0.717, 1.165) is 32.1 Å². The molecule has 8 nitrogen and oxygen atoms in total. The Balaban J connectivity index is 1.57. The minimum atomic E-state index is -3.81. The van der Waals surface area contributed by atoms with Crippen molar-refractivity contribution in [3.05, 3.63) is 12.2 Å². The van der Waals surface area contributed by atoms with Crippen LogP contribution >= 0.6 is 0 Å². The van der Waals surface area contributed by atoms with E-state index >= 15 is 0 Å². The number of sulfonamides is 1. The van der Waals surface area contributed by atoms with Crippen molar-refractivity contribution < 1.29 is 22.8 Å². The molecule has 1 unspecified atom stereocenters. The zero-order valence-electron chi connectivity index (χ0n) is 20.6. The van der Waals surface area contributed by atoms with Crippen LogP contribution in [0.25, 0.3) is 0 Å². The molecule has 2 heterocycles. The largest absolute Gasteiger partial charge is 0.339 e. The van der Waals surface area contributed by atoms with Gasteiger partial charge in [0.1, 0.15) is 11.6 Å². The molecular weight excluding hydrogens is 454 g/mol. The van der Waals surface area contributed by atoms with Gasteiger partial charge in [-0.1, -0.05) is 32.4 Å². The number of allylic oxidation sites excluding steroid dienone is 1. The summed E-state index contributed by atoms with van der Waals surface area (Å²) >= 11 is 0. The van der Waals surface area contributed by atoms with Crippen LogP contribution in [-0.4, -0.2) is 53.9 Å². The molecule has 3 fully saturated rings. The monoisotopic (exact) mass is 493 g/mol. The molecule has 9 heteroatoms. The van der Waals surface area contributed by atoms with Gasteiger partial charge >= 0.3 is 0 Å². The number of amides is 3. The maximum atomic E-state index is 13.3. The van der Waals surface area contributed by atoms with E-state index in [-0.39, 0.29) is 17.7 Å². The summed E-state index contributed by atoms with van der Waals surface area (Å²) < 4.78 is 26.8. The molecule has 34 heavy (non-hydrogen) atoms. The van der Waals surface area contributed by atoms with Gasteiger partial charge in [-0.25, -0.2) is 8.42 Å². The van der Waals surface area contributed by atoms with Gasteiger partial charge in [-0.2, -0.15) is 0 Å². The van der Waals surface area contributed by atoms with E-state index in [2.05, 4.69) is 23.9 Å². The molecule has 190 valence electrons. The summed E-state index contributed by atoms with van der Waals surface area (Å²) in [5, 5.41) is 2.90. The lowest BCUT2D eigenvalue weighted by Gasteiger charge is -2.28. The van der Waals surface area contributed by atoms with Crippen molar-refractivity contribution in [1.29, 1.82) is 0 Å². The van der Waals surface area contributed by atoms with Crippen LogP contribution in [0.1, 0.15) is 85.0 Å². The Morgan fingerprint density at radius 1 is 1.26 bits per heavy atom. The lowest BCUT2D eigenvalue weighted by molar-refractivity contribution is -0.140. The van der Waals surface area contributed by atoms with Crippen molar-refractivity contribution in [2.24, 2.45) is 17.8 Å². The predicted octanol–water partition coefficient (Wildman–Crippen LogP) is 2.64. The lowest BCUT2D eigenvalue weighted by Crippen LogP contribution is -2.57. The summed E-state index contributed by atoms with van der Waals surface area (Å²) in [6, 6.07) is -0.611. The molecule has 0 aromatic heterocycles. The van der Waals surface area contributed by atoms with Gasteiger partial charge in [0, 0.05) is 18.9 Å². The summed E-state index contributed by atoms with van der Waals surface area (Å²) in [5.41, 5.74) is -1.28. The second-order valence-corrected chi connectivity index (χ2v) is 13.4. The predicted molar refractivity (Wildman–Crippen MR) is 129 cm³/mol. The van der Waals surface area contributed by atoms with E-state index in [9.17, 15) is 22.8 Å². The van der Waals surface area contributed by atoms with Crippen molar-refractivity contribution in [3.8, 4) is 0 Å². The molecule has 0 aromatic rings. The maximum Gasteiger partial charge on any atom is 0.259 e. The van der Waals surface area contributed by atoms with Crippen LogP contribution in [-0.2, 0) is 24.4 Å². The van der Waals surface area contributed by atoms with E-state index in [1.807, 2.05) is 12.2 Å². The maximum absolute atomic E-state index is 13.3. The first-order valence-corrected chi connectivity index (χ1v) is 14.3. The Labute approximate surface area is 203 Å². The summed E-state index contributed by atoms with van der Waals surface area (Å²) in [4.78, 5) is 41.4. The van der Waals surface area contributed by atoms with E-state index in [1.54, 1.807) is 11.8 Å². The van der Waals surface area contributed by atoms with E-state index in [4.69, 9.17) is 0 Å². The molecule has 3 amide bonds. The average Bonchev–Trinajstić information content (AvgIpc) is 3.63. The van der Waals surface area contributed by atoms with Crippen LogP contribution in [0.5, 0.6) is 0 Å². The molecule has 0 radical (unpaired) electrons. The number of hydrogen-bond donors (Lipinski definition) is 2. The molecule has 5 atom stereocenters. The van der Waals surface area contributed by atoms with Crippen molar-refractivity contribution in [2.45, 2.75) is 101 Å². The number of carbonyl (C=O) groups is 3. The Hall–Kier alpha value is -1.90. The quantitative estimate of drug-likeness (QED) is 0.585. The summed E-state index contributed by atoms with van der Waals surface area (Å²) in [7, 11) is -3.81. The van der Waals surface area contributed by atoms with Crippen LogP contribution < -0.4 is 10.0 Å². The fourth-order valence-electron chi connectivity index (χ4n) is 5.49. The van der Waals surface area contributed by atoms with Gasteiger partial charge in [0.05, 0.1) is 4.75 Å². The highest BCUT2D eigenvalue weighted by atomic mass is 32.2. The van der Waals surface area contributed by atoms with Gasteiger partial charge in [0.25, 0.3) is 5.91 Å². The molecule has 0 aromatic carbocycles. The zero-order chi connectivity index (χ0) is 24.7. The topological polar surface area (TPSA) is 113 Å². The normalized spacial score (nSPS) is 36.9. The third-order valence-corrected chi connectivity index (χ3v) is 10.6. The van der Waals surface area contributed by atoms with Crippen molar-refractivity contribution in [2.75, 3.05) is 6.54 Å². The number of nitrogens with zero attached hydrogens (tertiary/aromatic N) is 1. The SMILES string of the molecule is CC[C@H]1CC(=O)N2CCC[C@H]2C(=O)N[C@]2(C(=O)NS(=O)(=O)C3(C)CC3)CC2/C=C\CC[C@@H](C)C1. The second kappa shape index (κ2) is 9.28. The number of carbonyl (C=O) groups excluding carboxylic acids is 3. The van der Waals surface area contributed by atoms with Gasteiger partial charge in [-0.3, -0.25) is 19.1 Å². The lowest BCUT2D eigenvalue weighted by atomic mass is 9.88. The Morgan fingerprint density at radius 2 is 2.00 bits per heavy atom. The fourth-order valence-corrected chi connectivity index (χ4v) is 6.80. The molecule has 2 N–H and O–H groups in total. The molecule has 4 aliphatic rings. The average molecular weight is 494 g/mol. The van der Waals surface area contributed by atoms with E-state index in [0.29, 0.717) is 50.5 Å². The van der Waals surface area contributed by atoms with Crippen LogP contribution in [0, 0.1) is 17.8 Å². The van der Waals surface area contributed by atoms with E-state index in [1.165, 1.54) is 0 Å². The number of rotatable bonds is 4. The summed E-state index contributed by atoms with van der Waals surface area (Å²) in [5.74, 6) is -0.516. The molecule has 2 aliphatic carbocycles. The molecule has 0 spiro atoms. The number of fused-ring (bicyclic) bond motifs is 2. The summed E-state index contributed by atoms with van der Waals surface area (Å²) in [6.07, 6.45) is 10.9. The van der Waals surface area contributed by atoms with Gasteiger partial charge in [0.2, 0.25) is 21.8 Å². The van der Waals surface area contributed by atoms with Crippen molar-refractivity contribution in [1.82, 2.24) is 14.9 Å². The molecule has 1 saturated heterocycles. The number of nitrogens with one attached hydrogen (secondary N) is 2. The van der Waals surface area contributed by atoms with E-state index < -0.39 is 32.3 Å². The van der Waals surface area contributed by atoms with Crippen LogP contribution in [0.2, 0.25) is 0 Å². The molecule has 2 saturated carbocycles. The molecule has 0 bridgehead atoms. The minimum Gasteiger partial charge on any atom is -0.339 e. The van der Waals surface area contributed by atoms with Gasteiger partial charge in [-0.15, -0.1) is 0 Å². The third-order valence-electron chi connectivity index (χ3n) is 8.44. The highest BCUT2D eigenvalue weighted by Crippen LogP contribution is 2.47. The Kier molecular flexibility index (Phi) is 6.88. The smallest absolute Gasteiger partial charge is 0.259 e. The highest BCUT2D eigenvalue weighted by Gasteiger charge is 2.62. The third kappa shape index (κ3) is 4.90. The van der Waals surface area contributed by atoms with Crippen molar-refractivity contribution >= 4 is 27.7 Å². The van der Waals surface area contributed by atoms with Crippen LogP contribution in [0.4, 0.5) is 0 Å². The highest BCUT2D eigenvalue weighted by molar-refractivity contribution is 7.91. The van der Waals surface area contributed by atoms with Crippen LogP contribution in [0.15, 0.2) is 12.2 Å². The zero-order valence-corrected chi connectivity index (χ0v) is 21.5. The number of hydrogen-bond acceptors (Lipinski definition) is 5. The fraction of sp³-hybridized carbons (Fsp3) is 0.800. The second-order valence-electron chi connectivity index (χ2n) is 11.2. The molecular formula is C25H39N3O5S. The standard InChI is InChI=1S/C25H39N3O5S/c1-4-18-14-17(2)8-5-6-9-19-16-25(19,23(31)27-34(32,33)24(3)11-12-24)26-22(30)20-10-7-13-28(20)21(29)15-18/h6,9,17-20H,4-5,7-8,10-16H2,1-3H3,(H,26,30)(H,27,31)/b9-6-/t17-,18-,19?,20+,25-/m1/s1. The van der Waals surface area contributed by atoms with Crippen molar-refractivity contribution in [3.63, 3.8) is 0 Å². The first-order chi connectivity index (χ1) is 16.0.